The van der Waals surface area contributed by atoms with Crippen molar-refractivity contribution in [3.8, 4) is 11.5 Å². The number of halogens is 1. The van der Waals surface area contributed by atoms with Crippen molar-refractivity contribution >= 4 is 41.5 Å². The maximum atomic E-state index is 11.8. The van der Waals surface area contributed by atoms with Crippen molar-refractivity contribution in [2.24, 2.45) is 4.99 Å². The van der Waals surface area contributed by atoms with E-state index >= 15 is 0 Å². The second-order valence-corrected chi connectivity index (χ2v) is 5.92. The molecule has 0 fully saturated rings. The Morgan fingerprint density at radius 2 is 1.79 bits per heavy atom. The molecular weight excluding hydrogens is 423 g/mol. The lowest BCUT2D eigenvalue weighted by Crippen LogP contribution is -2.46. The van der Waals surface area contributed by atoms with Crippen LogP contribution in [0.5, 0.6) is 11.5 Å². The fourth-order valence-corrected chi connectivity index (χ4v) is 1.86. The van der Waals surface area contributed by atoms with Crippen LogP contribution < -0.4 is 25.4 Å². The van der Waals surface area contributed by atoms with E-state index in [1.807, 2.05) is 26.8 Å². The number of carbonyl (C=O) groups excluding carboxylic acids is 1. The summed E-state index contributed by atoms with van der Waals surface area (Å²) in [5.41, 5.74) is 0.506. The van der Waals surface area contributed by atoms with Gasteiger partial charge in [-0.1, -0.05) is 0 Å². The van der Waals surface area contributed by atoms with Gasteiger partial charge in [-0.25, -0.2) is 0 Å². The van der Waals surface area contributed by atoms with Crippen LogP contribution in [0.4, 0.5) is 5.69 Å². The summed E-state index contributed by atoms with van der Waals surface area (Å²) in [5.74, 6) is 1.64. The molecule has 0 spiro atoms. The van der Waals surface area contributed by atoms with Crippen molar-refractivity contribution in [1.82, 2.24) is 10.6 Å². The zero-order valence-electron chi connectivity index (χ0n) is 15.0. The lowest BCUT2D eigenvalue weighted by atomic mass is 10.1. The van der Waals surface area contributed by atoms with E-state index in [0.717, 1.165) is 5.69 Å². The highest BCUT2D eigenvalue weighted by Crippen LogP contribution is 2.29. The second-order valence-electron chi connectivity index (χ2n) is 5.92. The molecule has 0 unspecified atom stereocenters. The molecule has 1 amide bonds. The Bertz CT molecular complexity index is 571. The van der Waals surface area contributed by atoms with E-state index < -0.39 is 0 Å². The summed E-state index contributed by atoms with van der Waals surface area (Å²) in [4.78, 5) is 15.9. The summed E-state index contributed by atoms with van der Waals surface area (Å²) in [7, 11) is 4.79. The Kier molecular flexibility index (Phi) is 9.49. The maximum Gasteiger partial charge on any atom is 0.239 e. The SMILES string of the molecule is CN=C(NCC(=O)NC(C)(C)C)Nc1ccc(OC)c(OC)c1.I. The van der Waals surface area contributed by atoms with Gasteiger partial charge in [0.05, 0.1) is 20.8 Å². The minimum Gasteiger partial charge on any atom is -0.493 e. The topological polar surface area (TPSA) is 84.0 Å². The molecule has 0 aliphatic heterocycles. The Labute approximate surface area is 160 Å². The smallest absolute Gasteiger partial charge is 0.239 e. The Hall–Kier alpha value is -1.71. The van der Waals surface area contributed by atoms with Gasteiger partial charge in [-0.05, 0) is 32.9 Å². The minimum atomic E-state index is -0.265. The van der Waals surface area contributed by atoms with Crippen molar-refractivity contribution in [2.45, 2.75) is 26.3 Å². The fraction of sp³-hybridized carbons (Fsp3) is 0.500. The molecule has 0 atom stereocenters. The van der Waals surface area contributed by atoms with Gasteiger partial charge in [-0.2, -0.15) is 0 Å². The molecule has 1 aromatic rings. The summed E-state index contributed by atoms with van der Waals surface area (Å²) >= 11 is 0. The third-order valence-corrected chi connectivity index (χ3v) is 2.80. The molecule has 3 N–H and O–H groups in total. The van der Waals surface area contributed by atoms with Crippen molar-refractivity contribution < 1.29 is 14.3 Å². The number of nitrogens with one attached hydrogen (secondary N) is 3. The van der Waals surface area contributed by atoms with E-state index in [-0.39, 0.29) is 42.0 Å². The molecule has 0 aromatic heterocycles. The first-order chi connectivity index (χ1) is 10.8. The van der Waals surface area contributed by atoms with Crippen LogP contribution in [0.2, 0.25) is 0 Å². The number of anilines is 1. The number of methoxy groups -OCH3 is 2. The first-order valence-corrected chi connectivity index (χ1v) is 7.29. The van der Waals surface area contributed by atoms with Crippen molar-refractivity contribution in [2.75, 3.05) is 33.1 Å². The molecule has 0 aliphatic rings. The minimum absolute atomic E-state index is 0. The fourth-order valence-electron chi connectivity index (χ4n) is 1.86. The lowest BCUT2D eigenvalue weighted by Gasteiger charge is -2.21. The van der Waals surface area contributed by atoms with Gasteiger partial charge < -0.3 is 25.4 Å². The molecule has 0 heterocycles. The lowest BCUT2D eigenvalue weighted by molar-refractivity contribution is -0.121. The highest BCUT2D eigenvalue weighted by molar-refractivity contribution is 14.0. The summed E-state index contributed by atoms with van der Waals surface area (Å²) in [5, 5.41) is 8.93. The first-order valence-electron chi connectivity index (χ1n) is 7.29. The standard InChI is InChI=1S/C16H26N4O3.HI/c1-16(2,3)20-14(21)10-18-15(17-4)19-11-7-8-12(22-5)13(9-11)23-6;/h7-9H,10H2,1-6H3,(H,20,21)(H2,17,18,19);1H. The van der Waals surface area contributed by atoms with E-state index in [1.54, 1.807) is 33.4 Å². The predicted molar refractivity (Wildman–Crippen MR) is 108 cm³/mol. The quantitative estimate of drug-likeness (QED) is 0.364. The summed E-state index contributed by atoms with van der Waals surface area (Å²) < 4.78 is 10.5. The molecule has 0 aliphatic carbocycles. The van der Waals surface area contributed by atoms with Crippen LogP contribution in [0.15, 0.2) is 23.2 Å². The van der Waals surface area contributed by atoms with Crippen LogP contribution in [0.1, 0.15) is 20.8 Å². The van der Waals surface area contributed by atoms with Crippen LogP contribution in [0.3, 0.4) is 0 Å². The molecular formula is C16H27IN4O3. The number of benzene rings is 1. The highest BCUT2D eigenvalue weighted by atomic mass is 127. The number of ether oxygens (including phenoxy) is 2. The molecule has 136 valence electrons. The van der Waals surface area contributed by atoms with Gasteiger partial charge in [-0.3, -0.25) is 9.79 Å². The van der Waals surface area contributed by atoms with E-state index in [9.17, 15) is 4.79 Å². The molecule has 24 heavy (non-hydrogen) atoms. The number of hydrogen-bond donors (Lipinski definition) is 3. The number of carbonyl (C=O) groups is 1. The summed E-state index contributed by atoms with van der Waals surface area (Å²) in [6.07, 6.45) is 0. The third kappa shape index (κ3) is 7.71. The largest absolute Gasteiger partial charge is 0.493 e. The van der Waals surface area contributed by atoms with Crippen molar-refractivity contribution in [1.29, 1.82) is 0 Å². The van der Waals surface area contributed by atoms with Gasteiger partial charge in [0.15, 0.2) is 17.5 Å². The van der Waals surface area contributed by atoms with Crippen LogP contribution in [-0.4, -0.2) is 45.2 Å². The van der Waals surface area contributed by atoms with Crippen LogP contribution in [-0.2, 0) is 4.79 Å². The van der Waals surface area contributed by atoms with Crippen molar-refractivity contribution in [3.05, 3.63) is 18.2 Å². The zero-order chi connectivity index (χ0) is 17.5. The van der Waals surface area contributed by atoms with Gasteiger partial charge >= 0.3 is 0 Å². The molecule has 1 rings (SSSR count). The number of hydrogen-bond acceptors (Lipinski definition) is 4. The van der Waals surface area contributed by atoms with E-state index in [0.29, 0.717) is 17.5 Å². The van der Waals surface area contributed by atoms with Gasteiger partial charge in [0, 0.05) is 24.3 Å². The number of amides is 1. The average molecular weight is 450 g/mol. The number of nitrogens with zero attached hydrogens (tertiary/aromatic N) is 1. The van der Waals surface area contributed by atoms with Gasteiger partial charge in [0.25, 0.3) is 0 Å². The Balaban J connectivity index is 0.00000529. The Morgan fingerprint density at radius 3 is 2.29 bits per heavy atom. The second kappa shape index (κ2) is 10.2. The van der Waals surface area contributed by atoms with E-state index in [1.165, 1.54) is 0 Å². The molecule has 1 aromatic carbocycles. The van der Waals surface area contributed by atoms with E-state index in [2.05, 4.69) is 20.9 Å². The maximum absolute atomic E-state index is 11.8. The summed E-state index contributed by atoms with van der Waals surface area (Å²) in [6, 6.07) is 5.42. The zero-order valence-corrected chi connectivity index (χ0v) is 17.3. The molecule has 0 saturated heterocycles. The van der Waals surface area contributed by atoms with Crippen LogP contribution in [0, 0.1) is 0 Å². The Morgan fingerprint density at radius 1 is 1.17 bits per heavy atom. The van der Waals surface area contributed by atoms with E-state index in [4.69, 9.17) is 9.47 Å². The highest BCUT2D eigenvalue weighted by Gasteiger charge is 2.14. The molecule has 0 saturated carbocycles. The first kappa shape index (κ1) is 22.3. The third-order valence-electron chi connectivity index (χ3n) is 2.80. The monoisotopic (exact) mass is 450 g/mol. The average Bonchev–Trinajstić information content (AvgIpc) is 2.49. The molecule has 7 nitrogen and oxygen atoms in total. The van der Waals surface area contributed by atoms with Gasteiger partial charge in [-0.15, -0.1) is 24.0 Å². The van der Waals surface area contributed by atoms with Crippen LogP contribution in [0.25, 0.3) is 0 Å². The molecule has 8 heteroatoms. The summed E-state index contributed by atoms with van der Waals surface area (Å²) in [6.45, 7) is 5.93. The predicted octanol–water partition coefficient (Wildman–Crippen LogP) is 2.22. The van der Waals surface area contributed by atoms with Crippen LogP contribution >= 0.6 is 24.0 Å². The number of aliphatic imine (C=N–C) groups is 1. The van der Waals surface area contributed by atoms with Crippen molar-refractivity contribution in [3.63, 3.8) is 0 Å². The number of rotatable bonds is 5. The molecule has 0 radical (unpaired) electrons. The number of guanidine groups is 1. The van der Waals surface area contributed by atoms with Gasteiger partial charge in [0.2, 0.25) is 5.91 Å². The normalized spacial score (nSPS) is 11.2. The van der Waals surface area contributed by atoms with Gasteiger partial charge in [0.1, 0.15) is 0 Å². The molecule has 0 bridgehead atoms.